The van der Waals surface area contributed by atoms with Crippen LogP contribution in [-0.2, 0) is 9.53 Å². The number of morpholine rings is 1. The highest BCUT2D eigenvalue weighted by Crippen LogP contribution is 2.20. The van der Waals surface area contributed by atoms with Crippen LogP contribution in [0.1, 0.15) is 12.3 Å². The molecule has 20 heavy (non-hydrogen) atoms. The van der Waals surface area contributed by atoms with Crippen molar-refractivity contribution in [3.05, 3.63) is 24.1 Å². The Morgan fingerprint density at radius 2 is 2.45 bits per heavy atom. The van der Waals surface area contributed by atoms with E-state index in [-0.39, 0.29) is 11.9 Å². The molecule has 1 aliphatic rings. The van der Waals surface area contributed by atoms with Gasteiger partial charge in [0.2, 0.25) is 5.91 Å². The molecule has 1 aromatic heterocycles. The van der Waals surface area contributed by atoms with Gasteiger partial charge >= 0.3 is 0 Å². The number of nitrogens with zero attached hydrogens (tertiary/aromatic N) is 1. The summed E-state index contributed by atoms with van der Waals surface area (Å²) in [6, 6.07) is 5.54. The topological polar surface area (TPSA) is 76.4 Å². The third kappa shape index (κ3) is 2.97. The number of aromatic nitrogens is 1. The molecule has 0 bridgehead atoms. The molecule has 0 spiro atoms. The number of hydrogen-bond acceptors (Lipinski definition) is 5. The average molecular weight is 275 g/mol. The lowest BCUT2D eigenvalue weighted by Gasteiger charge is -2.23. The molecule has 0 aliphatic carbocycles. The van der Waals surface area contributed by atoms with Crippen molar-refractivity contribution < 1.29 is 13.9 Å². The molecule has 1 aromatic carbocycles. The zero-order valence-corrected chi connectivity index (χ0v) is 11.3. The molecular weight excluding hydrogens is 258 g/mol. The number of carbonyl (C=O) groups is 1. The van der Waals surface area contributed by atoms with E-state index in [0.29, 0.717) is 31.1 Å². The molecule has 1 fully saturated rings. The summed E-state index contributed by atoms with van der Waals surface area (Å²) in [7, 11) is 0. The van der Waals surface area contributed by atoms with Gasteiger partial charge in [-0.25, -0.2) is 4.98 Å². The van der Waals surface area contributed by atoms with Gasteiger partial charge in [0.15, 0.2) is 11.5 Å². The lowest BCUT2D eigenvalue weighted by atomic mass is 10.2. The molecule has 6 heteroatoms. The van der Waals surface area contributed by atoms with E-state index in [1.54, 1.807) is 13.0 Å². The van der Waals surface area contributed by atoms with Gasteiger partial charge in [0.25, 0.3) is 0 Å². The van der Waals surface area contributed by atoms with Crippen LogP contribution in [0.3, 0.4) is 0 Å². The van der Waals surface area contributed by atoms with Crippen molar-refractivity contribution in [2.45, 2.75) is 19.4 Å². The summed E-state index contributed by atoms with van der Waals surface area (Å²) in [5.74, 6) is 0.579. The predicted molar refractivity (Wildman–Crippen MR) is 74.6 cm³/mol. The van der Waals surface area contributed by atoms with Crippen LogP contribution in [0.5, 0.6) is 0 Å². The van der Waals surface area contributed by atoms with Crippen molar-refractivity contribution in [2.75, 3.05) is 25.1 Å². The van der Waals surface area contributed by atoms with E-state index in [9.17, 15) is 4.79 Å². The molecule has 2 N–H and O–H groups in total. The SMILES string of the molecule is Cc1nc2ccc(NC(=O)CC3COCCN3)cc2o1. The molecule has 1 saturated heterocycles. The first-order valence-electron chi connectivity index (χ1n) is 6.69. The third-order valence-electron chi connectivity index (χ3n) is 3.21. The van der Waals surface area contributed by atoms with E-state index in [4.69, 9.17) is 9.15 Å². The highest BCUT2D eigenvalue weighted by atomic mass is 16.5. The molecule has 1 aliphatic heterocycles. The molecule has 106 valence electrons. The minimum Gasteiger partial charge on any atom is -0.441 e. The average Bonchev–Trinajstić information content (AvgIpc) is 2.79. The van der Waals surface area contributed by atoms with Crippen molar-refractivity contribution in [2.24, 2.45) is 0 Å². The number of amides is 1. The zero-order chi connectivity index (χ0) is 13.9. The second-order valence-electron chi connectivity index (χ2n) is 4.89. The molecule has 0 radical (unpaired) electrons. The van der Waals surface area contributed by atoms with Crippen molar-refractivity contribution in [1.82, 2.24) is 10.3 Å². The fourth-order valence-electron chi connectivity index (χ4n) is 2.30. The molecule has 2 heterocycles. The molecule has 6 nitrogen and oxygen atoms in total. The van der Waals surface area contributed by atoms with Crippen LogP contribution in [0.4, 0.5) is 5.69 Å². The maximum absolute atomic E-state index is 12.0. The van der Waals surface area contributed by atoms with Gasteiger partial charge < -0.3 is 19.8 Å². The lowest BCUT2D eigenvalue weighted by Crippen LogP contribution is -2.43. The fraction of sp³-hybridized carbons (Fsp3) is 0.429. The van der Waals surface area contributed by atoms with E-state index in [1.807, 2.05) is 12.1 Å². The Bertz CT molecular complexity index is 617. The van der Waals surface area contributed by atoms with Gasteiger partial charge in [0.05, 0.1) is 13.2 Å². The van der Waals surface area contributed by atoms with Gasteiger partial charge in [-0.2, -0.15) is 0 Å². The van der Waals surface area contributed by atoms with Crippen molar-refractivity contribution >= 4 is 22.7 Å². The maximum atomic E-state index is 12.0. The first-order valence-corrected chi connectivity index (χ1v) is 6.69. The number of rotatable bonds is 3. The molecular formula is C14H17N3O3. The van der Waals surface area contributed by atoms with Crippen molar-refractivity contribution in [1.29, 1.82) is 0 Å². The second-order valence-corrected chi connectivity index (χ2v) is 4.89. The fourth-order valence-corrected chi connectivity index (χ4v) is 2.30. The van der Waals surface area contributed by atoms with Gasteiger partial charge in [0, 0.05) is 37.7 Å². The zero-order valence-electron chi connectivity index (χ0n) is 11.3. The number of ether oxygens (including phenoxy) is 1. The number of fused-ring (bicyclic) bond motifs is 1. The number of nitrogens with one attached hydrogen (secondary N) is 2. The van der Waals surface area contributed by atoms with Gasteiger partial charge in [0.1, 0.15) is 5.52 Å². The lowest BCUT2D eigenvalue weighted by molar-refractivity contribution is -0.117. The van der Waals surface area contributed by atoms with E-state index in [0.717, 1.165) is 17.7 Å². The molecule has 1 unspecified atom stereocenters. The van der Waals surface area contributed by atoms with Gasteiger partial charge in [-0.1, -0.05) is 0 Å². The Morgan fingerprint density at radius 1 is 1.55 bits per heavy atom. The highest BCUT2D eigenvalue weighted by molar-refractivity contribution is 5.93. The Balaban J connectivity index is 1.64. The van der Waals surface area contributed by atoms with E-state index < -0.39 is 0 Å². The molecule has 0 saturated carbocycles. The number of anilines is 1. The summed E-state index contributed by atoms with van der Waals surface area (Å²) in [6.45, 7) is 3.88. The number of hydrogen-bond donors (Lipinski definition) is 2. The Kier molecular flexibility index (Phi) is 3.66. The number of aryl methyl sites for hydroxylation is 1. The molecule has 1 amide bonds. The Labute approximate surface area is 116 Å². The van der Waals surface area contributed by atoms with Crippen LogP contribution in [-0.4, -0.2) is 36.7 Å². The summed E-state index contributed by atoms with van der Waals surface area (Å²) in [4.78, 5) is 16.2. The first kappa shape index (κ1) is 13.1. The van der Waals surface area contributed by atoms with Crippen LogP contribution in [0, 0.1) is 6.92 Å². The van der Waals surface area contributed by atoms with E-state index in [1.165, 1.54) is 0 Å². The molecule has 3 rings (SSSR count). The van der Waals surface area contributed by atoms with Crippen molar-refractivity contribution in [3.63, 3.8) is 0 Å². The van der Waals surface area contributed by atoms with Crippen LogP contribution in [0.2, 0.25) is 0 Å². The van der Waals surface area contributed by atoms with Crippen LogP contribution < -0.4 is 10.6 Å². The maximum Gasteiger partial charge on any atom is 0.226 e. The Morgan fingerprint density at radius 3 is 3.25 bits per heavy atom. The van der Waals surface area contributed by atoms with Crippen LogP contribution in [0.25, 0.3) is 11.1 Å². The third-order valence-corrected chi connectivity index (χ3v) is 3.21. The summed E-state index contributed by atoms with van der Waals surface area (Å²) in [6.07, 6.45) is 0.396. The van der Waals surface area contributed by atoms with Gasteiger partial charge in [-0.15, -0.1) is 0 Å². The van der Waals surface area contributed by atoms with E-state index in [2.05, 4.69) is 15.6 Å². The standard InChI is InChI=1S/C14H17N3O3/c1-9-16-12-3-2-10(6-13(12)20-9)17-14(18)7-11-8-19-5-4-15-11/h2-3,6,11,15H,4-5,7-8H2,1H3,(H,17,18). The van der Waals surface area contributed by atoms with Gasteiger partial charge in [-0.3, -0.25) is 4.79 Å². The monoisotopic (exact) mass is 275 g/mol. The largest absolute Gasteiger partial charge is 0.441 e. The molecule has 2 aromatic rings. The summed E-state index contributed by atoms with van der Waals surface area (Å²) >= 11 is 0. The Hall–Kier alpha value is -1.92. The number of benzene rings is 1. The predicted octanol–water partition coefficient (Wildman–Crippen LogP) is 1.45. The molecule has 1 atom stereocenters. The summed E-state index contributed by atoms with van der Waals surface area (Å²) in [5.41, 5.74) is 2.19. The number of oxazole rings is 1. The van der Waals surface area contributed by atoms with Crippen LogP contribution >= 0.6 is 0 Å². The minimum atomic E-state index is -0.0383. The van der Waals surface area contributed by atoms with Crippen LogP contribution in [0.15, 0.2) is 22.6 Å². The highest BCUT2D eigenvalue weighted by Gasteiger charge is 2.17. The minimum absolute atomic E-state index is 0.0383. The summed E-state index contributed by atoms with van der Waals surface area (Å²) < 4.78 is 10.8. The normalized spacial score (nSPS) is 19.1. The second kappa shape index (κ2) is 5.60. The van der Waals surface area contributed by atoms with Crippen molar-refractivity contribution in [3.8, 4) is 0 Å². The summed E-state index contributed by atoms with van der Waals surface area (Å²) in [5, 5.41) is 6.12. The smallest absolute Gasteiger partial charge is 0.226 e. The first-order chi connectivity index (χ1) is 9.70. The van der Waals surface area contributed by atoms with E-state index >= 15 is 0 Å². The van der Waals surface area contributed by atoms with Gasteiger partial charge in [-0.05, 0) is 12.1 Å². The quantitative estimate of drug-likeness (QED) is 0.886. The number of carbonyl (C=O) groups excluding carboxylic acids is 1.